The van der Waals surface area contributed by atoms with Crippen molar-refractivity contribution in [2.45, 2.75) is 19.3 Å². The number of halogens is 2. The minimum Gasteiger partial charge on any atom is -0.491 e. The molecule has 0 saturated heterocycles. The maximum atomic E-state index is 6.08. The number of benzene rings is 1. The number of nitrogens with two attached hydrogens (primary N) is 1. The zero-order valence-corrected chi connectivity index (χ0v) is 11.4. The van der Waals surface area contributed by atoms with Crippen LogP contribution in [-0.4, -0.2) is 13.2 Å². The first-order valence-electron chi connectivity index (χ1n) is 5.43. The average Bonchev–Trinajstić information content (AvgIpc) is 2.98. The van der Waals surface area contributed by atoms with Gasteiger partial charge in [-0.25, -0.2) is 0 Å². The lowest BCUT2D eigenvalue weighted by Crippen LogP contribution is -2.17. The van der Waals surface area contributed by atoms with Crippen LogP contribution >= 0.6 is 27.5 Å². The molecule has 0 spiro atoms. The molecule has 2 rings (SSSR count). The van der Waals surface area contributed by atoms with Gasteiger partial charge >= 0.3 is 0 Å². The largest absolute Gasteiger partial charge is 0.491 e. The first-order chi connectivity index (χ1) is 7.65. The van der Waals surface area contributed by atoms with Crippen LogP contribution < -0.4 is 10.5 Å². The molecule has 0 bridgehead atoms. The van der Waals surface area contributed by atoms with E-state index in [0.29, 0.717) is 10.4 Å². The number of hydrogen-bond donors (Lipinski definition) is 1. The third-order valence-electron chi connectivity index (χ3n) is 3.06. The van der Waals surface area contributed by atoms with E-state index >= 15 is 0 Å². The second kappa shape index (κ2) is 4.94. The Kier molecular flexibility index (Phi) is 3.77. The van der Waals surface area contributed by atoms with E-state index < -0.39 is 0 Å². The number of ether oxygens (including phenoxy) is 1. The summed E-state index contributed by atoms with van der Waals surface area (Å²) < 4.78 is 6.73. The fraction of sp³-hybridized carbons (Fsp3) is 0.500. The Labute approximate surface area is 109 Å². The number of rotatable bonds is 5. The Morgan fingerprint density at radius 2 is 2.19 bits per heavy atom. The van der Waals surface area contributed by atoms with Gasteiger partial charge in [0.05, 0.1) is 11.6 Å². The van der Waals surface area contributed by atoms with Crippen molar-refractivity contribution < 1.29 is 4.74 Å². The highest BCUT2D eigenvalue weighted by atomic mass is 79.9. The van der Waals surface area contributed by atoms with Gasteiger partial charge in [-0.3, -0.25) is 0 Å². The van der Waals surface area contributed by atoms with Gasteiger partial charge in [0, 0.05) is 9.89 Å². The molecule has 4 heteroatoms. The van der Waals surface area contributed by atoms with Crippen molar-refractivity contribution in [3.63, 3.8) is 0 Å². The Hall–Kier alpha value is -0.250. The highest BCUT2D eigenvalue weighted by Crippen LogP contribution is 2.48. The molecule has 0 aromatic heterocycles. The lowest BCUT2D eigenvalue weighted by atomic mass is 10.0. The molecule has 0 amide bonds. The second-order valence-electron chi connectivity index (χ2n) is 4.40. The molecule has 1 aromatic carbocycles. The van der Waals surface area contributed by atoms with E-state index in [-0.39, 0.29) is 0 Å². The molecular formula is C12H15BrClNO. The lowest BCUT2D eigenvalue weighted by Gasteiger charge is -2.15. The highest BCUT2D eigenvalue weighted by Gasteiger charge is 2.42. The Morgan fingerprint density at radius 3 is 2.75 bits per heavy atom. The van der Waals surface area contributed by atoms with Crippen molar-refractivity contribution in [2.24, 2.45) is 11.1 Å². The molecule has 0 atom stereocenters. The van der Waals surface area contributed by atoms with Crippen LogP contribution in [0, 0.1) is 5.41 Å². The highest BCUT2D eigenvalue weighted by molar-refractivity contribution is 9.10. The molecule has 0 unspecified atom stereocenters. The first kappa shape index (κ1) is 12.2. The summed E-state index contributed by atoms with van der Waals surface area (Å²) in [6.07, 6.45) is 3.48. The molecular weight excluding hydrogens is 289 g/mol. The third kappa shape index (κ3) is 2.90. The molecule has 0 heterocycles. The molecule has 1 aliphatic carbocycles. The standard InChI is InChI=1S/C12H15BrClNO/c13-9-1-2-11(10(14)7-9)16-8-12(3-4-12)5-6-15/h1-2,7H,3-6,8,15H2. The van der Waals surface area contributed by atoms with Crippen LogP contribution in [0.5, 0.6) is 5.75 Å². The van der Waals surface area contributed by atoms with Gasteiger partial charge in [-0.2, -0.15) is 0 Å². The van der Waals surface area contributed by atoms with Crippen LogP contribution in [-0.2, 0) is 0 Å². The first-order valence-corrected chi connectivity index (χ1v) is 6.60. The van der Waals surface area contributed by atoms with Crippen molar-refractivity contribution in [3.05, 3.63) is 27.7 Å². The predicted molar refractivity (Wildman–Crippen MR) is 70.0 cm³/mol. The summed E-state index contributed by atoms with van der Waals surface area (Å²) in [4.78, 5) is 0. The van der Waals surface area contributed by atoms with Gasteiger partial charge in [0.1, 0.15) is 5.75 Å². The van der Waals surface area contributed by atoms with E-state index in [1.165, 1.54) is 12.8 Å². The van der Waals surface area contributed by atoms with Gasteiger partial charge < -0.3 is 10.5 Å². The zero-order chi connectivity index (χ0) is 11.6. The van der Waals surface area contributed by atoms with Gasteiger partial charge in [0.2, 0.25) is 0 Å². The normalized spacial score (nSPS) is 17.2. The molecule has 2 N–H and O–H groups in total. The summed E-state index contributed by atoms with van der Waals surface area (Å²) in [7, 11) is 0. The summed E-state index contributed by atoms with van der Waals surface area (Å²) in [5, 5.41) is 0.651. The summed E-state index contributed by atoms with van der Waals surface area (Å²) in [6, 6.07) is 5.67. The SMILES string of the molecule is NCCC1(COc2ccc(Br)cc2Cl)CC1. The van der Waals surface area contributed by atoms with Crippen molar-refractivity contribution in [1.82, 2.24) is 0 Å². The zero-order valence-electron chi connectivity index (χ0n) is 9.01. The van der Waals surface area contributed by atoms with E-state index in [1.807, 2.05) is 18.2 Å². The Morgan fingerprint density at radius 1 is 1.44 bits per heavy atom. The topological polar surface area (TPSA) is 35.2 Å². The molecule has 1 fully saturated rings. The monoisotopic (exact) mass is 303 g/mol. The summed E-state index contributed by atoms with van der Waals surface area (Å²) in [5.41, 5.74) is 5.91. The summed E-state index contributed by atoms with van der Waals surface area (Å²) >= 11 is 9.44. The fourth-order valence-electron chi connectivity index (χ4n) is 1.77. The maximum Gasteiger partial charge on any atom is 0.137 e. The average molecular weight is 305 g/mol. The molecule has 16 heavy (non-hydrogen) atoms. The van der Waals surface area contributed by atoms with Crippen molar-refractivity contribution >= 4 is 27.5 Å². The minimum atomic E-state index is 0.325. The molecule has 0 aliphatic heterocycles. The lowest BCUT2D eigenvalue weighted by molar-refractivity contribution is 0.227. The van der Waals surface area contributed by atoms with Crippen molar-refractivity contribution in [1.29, 1.82) is 0 Å². The molecule has 1 aromatic rings. The quantitative estimate of drug-likeness (QED) is 0.902. The fourth-order valence-corrected chi connectivity index (χ4v) is 2.50. The van der Waals surface area contributed by atoms with Crippen LogP contribution in [0.25, 0.3) is 0 Å². The van der Waals surface area contributed by atoms with Crippen molar-refractivity contribution in [3.8, 4) is 5.75 Å². The van der Waals surface area contributed by atoms with E-state index in [4.69, 9.17) is 22.1 Å². The van der Waals surface area contributed by atoms with Gasteiger partial charge in [-0.05, 0) is 44.0 Å². The van der Waals surface area contributed by atoms with Gasteiger partial charge in [-0.1, -0.05) is 27.5 Å². The Bertz CT molecular complexity index is 379. The van der Waals surface area contributed by atoms with Gasteiger partial charge in [0.25, 0.3) is 0 Å². The van der Waals surface area contributed by atoms with Crippen LogP contribution in [0.15, 0.2) is 22.7 Å². The van der Waals surface area contributed by atoms with E-state index in [2.05, 4.69) is 15.9 Å². The molecule has 0 radical (unpaired) electrons. The van der Waals surface area contributed by atoms with Crippen molar-refractivity contribution in [2.75, 3.05) is 13.2 Å². The van der Waals surface area contributed by atoms with Gasteiger partial charge in [-0.15, -0.1) is 0 Å². The van der Waals surface area contributed by atoms with Crippen LogP contribution in [0.1, 0.15) is 19.3 Å². The second-order valence-corrected chi connectivity index (χ2v) is 5.72. The summed E-state index contributed by atoms with van der Waals surface area (Å²) in [6.45, 7) is 1.46. The maximum absolute atomic E-state index is 6.08. The van der Waals surface area contributed by atoms with Gasteiger partial charge in [0.15, 0.2) is 0 Å². The molecule has 1 saturated carbocycles. The molecule has 2 nitrogen and oxygen atoms in total. The van der Waals surface area contributed by atoms with E-state index in [1.54, 1.807) is 0 Å². The Balaban J connectivity index is 1.94. The van der Waals surface area contributed by atoms with Crippen LogP contribution in [0.2, 0.25) is 5.02 Å². The molecule has 1 aliphatic rings. The number of hydrogen-bond acceptors (Lipinski definition) is 2. The van der Waals surface area contributed by atoms with E-state index in [9.17, 15) is 0 Å². The summed E-state index contributed by atoms with van der Waals surface area (Å²) in [5.74, 6) is 0.758. The third-order valence-corrected chi connectivity index (χ3v) is 3.85. The molecule has 88 valence electrons. The smallest absolute Gasteiger partial charge is 0.137 e. The minimum absolute atomic E-state index is 0.325. The van der Waals surface area contributed by atoms with Crippen LogP contribution in [0.3, 0.4) is 0 Å². The van der Waals surface area contributed by atoms with E-state index in [0.717, 1.165) is 29.8 Å². The predicted octanol–water partition coefficient (Wildman–Crippen LogP) is 3.61. The van der Waals surface area contributed by atoms with Crippen LogP contribution in [0.4, 0.5) is 0 Å².